The third-order valence-electron chi connectivity index (χ3n) is 7.28. The molecule has 0 radical (unpaired) electrons. The standard InChI is InChI=1S/C24H28BrClN2O6/c1-4-9-27(14-7-5-13(26)6-8-14)22(31)20-24-10-15(25)19(34-24)17(23(32)33)18(24)21(30)28(20)16(11-29)12(2)3/h4-8,12,15-20,29H,1,9-11H2,2-3H3,(H,32,33)/t15?,16-,17-,18+,19-,20-,24+/m0/s1. The van der Waals surface area contributed by atoms with E-state index < -0.39 is 53.4 Å². The molecule has 1 aromatic carbocycles. The molecule has 0 saturated carbocycles. The highest BCUT2D eigenvalue weighted by molar-refractivity contribution is 9.09. The molecular formula is C24H28BrClN2O6. The van der Waals surface area contributed by atoms with Crippen LogP contribution in [0.15, 0.2) is 36.9 Å². The molecule has 1 spiro atoms. The Balaban J connectivity index is 1.86. The predicted molar refractivity (Wildman–Crippen MR) is 130 cm³/mol. The lowest BCUT2D eigenvalue weighted by atomic mass is 9.70. The quantitative estimate of drug-likeness (QED) is 0.377. The van der Waals surface area contributed by atoms with Gasteiger partial charge in [0.05, 0.1) is 30.6 Å². The third kappa shape index (κ3) is 3.68. The highest BCUT2D eigenvalue weighted by Crippen LogP contribution is 2.60. The summed E-state index contributed by atoms with van der Waals surface area (Å²) in [6.07, 6.45) is 1.16. The average molecular weight is 556 g/mol. The van der Waals surface area contributed by atoms with Gasteiger partial charge >= 0.3 is 5.97 Å². The lowest BCUT2D eigenvalue weighted by Crippen LogP contribution is -2.60. The first-order chi connectivity index (χ1) is 16.1. The first-order valence-corrected chi connectivity index (χ1v) is 12.5. The summed E-state index contributed by atoms with van der Waals surface area (Å²) < 4.78 is 6.30. The van der Waals surface area contributed by atoms with Crippen molar-refractivity contribution in [1.29, 1.82) is 0 Å². The van der Waals surface area contributed by atoms with Crippen molar-refractivity contribution in [1.82, 2.24) is 4.90 Å². The molecule has 3 saturated heterocycles. The molecule has 2 bridgehead atoms. The number of amides is 2. The van der Waals surface area contributed by atoms with Crippen LogP contribution in [0.4, 0.5) is 5.69 Å². The van der Waals surface area contributed by atoms with Crippen LogP contribution in [0.25, 0.3) is 0 Å². The zero-order chi connectivity index (χ0) is 24.9. The molecule has 1 unspecified atom stereocenters. The maximum atomic E-state index is 14.3. The van der Waals surface area contributed by atoms with E-state index in [1.807, 2.05) is 13.8 Å². The maximum Gasteiger partial charge on any atom is 0.310 e. The number of aliphatic hydroxyl groups is 1. The summed E-state index contributed by atoms with van der Waals surface area (Å²) >= 11 is 9.57. The van der Waals surface area contributed by atoms with Gasteiger partial charge in [-0.2, -0.15) is 0 Å². The minimum atomic E-state index is -1.32. The first kappa shape index (κ1) is 25.2. The Labute approximate surface area is 211 Å². The first-order valence-electron chi connectivity index (χ1n) is 11.2. The van der Waals surface area contributed by atoms with Crippen LogP contribution in [-0.2, 0) is 19.1 Å². The van der Waals surface area contributed by atoms with Gasteiger partial charge in [-0.3, -0.25) is 14.4 Å². The van der Waals surface area contributed by atoms with E-state index in [0.717, 1.165) is 0 Å². The number of rotatable bonds is 8. The Morgan fingerprint density at radius 3 is 2.56 bits per heavy atom. The van der Waals surface area contributed by atoms with Gasteiger partial charge in [0, 0.05) is 22.1 Å². The molecule has 3 aliphatic heterocycles. The second-order valence-corrected chi connectivity index (χ2v) is 11.1. The smallest absolute Gasteiger partial charge is 0.310 e. The minimum absolute atomic E-state index is 0.161. The highest BCUT2D eigenvalue weighted by atomic mass is 79.9. The van der Waals surface area contributed by atoms with Gasteiger partial charge in [-0.25, -0.2) is 0 Å². The molecule has 34 heavy (non-hydrogen) atoms. The van der Waals surface area contributed by atoms with Crippen LogP contribution < -0.4 is 4.90 Å². The number of carboxylic acid groups (broad SMARTS) is 1. The maximum absolute atomic E-state index is 14.3. The fourth-order valence-corrected chi connectivity index (χ4v) is 6.90. The Bertz CT molecular complexity index is 1000. The molecule has 0 aromatic heterocycles. The molecule has 3 heterocycles. The van der Waals surface area contributed by atoms with Crippen molar-refractivity contribution in [3.05, 3.63) is 41.9 Å². The summed E-state index contributed by atoms with van der Waals surface area (Å²) in [5.74, 6) is -4.28. The van der Waals surface area contributed by atoms with E-state index in [1.54, 1.807) is 30.3 Å². The summed E-state index contributed by atoms with van der Waals surface area (Å²) in [7, 11) is 0. The number of aliphatic hydroxyl groups excluding tert-OH is 1. The second-order valence-electron chi connectivity index (χ2n) is 9.46. The number of benzene rings is 1. The summed E-state index contributed by atoms with van der Waals surface area (Å²) in [5, 5.41) is 20.7. The largest absolute Gasteiger partial charge is 0.481 e. The Morgan fingerprint density at radius 2 is 2.03 bits per heavy atom. The van der Waals surface area contributed by atoms with Gasteiger partial charge in [0.25, 0.3) is 5.91 Å². The monoisotopic (exact) mass is 554 g/mol. The molecule has 3 aliphatic rings. The van der Waals surface area contributed by atoms with Crippen molar-refractivity contribution < 1.29 is 29.3 Å². The van der Waals surface area contributed by atoms with Crippen molar-refractivity contribution in [3.63, 3.8) is 0 Å². The lowest BCUT2D eigenvalue weighted by molar-refractivity contribution is -0.151. The van der Waals surface area contributed by atoms with Crippen LogP contribution >= 0.6 is 27.5 Å². The SMILES string of the molecule is C=CCN(C(=O)[C@@H]1N([C@@H](CO)C(C)C)C(=O)[C@H]2[C@H](C(=O)O)[C@H]3O[C@@]12CC3Br)c1ccc(Cl)cc1. The van der Waals surface area contributed by atoms with E-state index in [1.165, 1.54) is 9.80 Å². The number of nitrogens with zero attached hydrogens (tertiary/aromatic N) is 2. The number of carboxylic acids is 1. The van der Waals surface area contributed by atoms with E-state index in [-0.39, 0.29) is 23.9 Å². The van der Waals surface area contributed by atoms with Crippen LogP contribution in [0, 0.1) is 17.8 Å². The van der Waals surface area contributed by atoms with Crippen LogP contribution in [0.3, 0.4) is 0 Å². The second kappa shape index (κ2) is 9.26. The number of alkyl halides is 1. The number of halogens is 2. The fourth-order valence-electron chi connectivity index (χ4n) is 5.83. The molecular weight excluding hydrogens is 528 g/mol. The van der Waals surface area contributed by atoms with Crippen molar-refractivity contribution in [2.24, 2.45) is 17.8 Å². The number of anilines is 1. The normalized spacial score (nSPS) is 32.7. The number of carbonyl (C=O) groups is 3. The Kier molecular flexibility index (Phi) is 6.85. The summed E-state index contributed by atoms with van der Waals surface area (Å²) in [5.41, 5.74) is -0.756. The molecule has 2 N–H and O–H groups in total. The van der Waals surface area contributed by atoms with Gasteiger partial charge < -0.3 is 24.7 Å². The molecule has 2 amide bonds. The highest BCUT2D eigenvalue weighted by Gasteiger charge is 2.77. The Morgan fingerprint density at radius 1 is 1.38 bits per heavy atom. The lowest BCUT2D eigenvalue weighted by Gasteiger charge is -2.40. The third-order valence-corrected chi connectivity index (χ3v) is 8.37. The van der Waals surface area contributed by atoms with Crippen molar-refractivity contribution in [3.8, 4) is 0 Å². The van der Waals surface area contributed by atoms with E-state index in [9.17, 15) is 24.6 Å². The number of ether oxygens (including phenoxy) is 1. The number of aliphatic carboxylic acids is 1. The van der Waals surface area contributed by atoms with Gasteiger partial charge in [0.2, 0.25) is 5.91 Å². The van der Waals surface area contributed by atoms with Crippen molar-refractivity contribution >= 4 is 51.0 Å². The molecule has 8 nitrogen and oxygen atoms in total. The fraction of sp³-hybridized carbons (Fsp3) is 0.542. The van der Waals surface area contributed by atoms with Crippen LogP contribution in [0.5, 0.6) is 0 Å². The summed E-state index contributed by atoms with van der Waals surface area (Å²) in [6, 6.07) is 4.95. The zero-order valence-corrected chi connectivity index (χ0v) is 21.3. The van der Waals surface area contributed by atoms with Gasteiger partial charge in [-0.15, -0.1) is 6.58 Å². The topological polar surface area (TPSA) is 107 Å². The molecule has 1 aromatic rings. The minimum Gasteiger partial charge on any atom is -0.481 e. The number of hydrogen-bond donors (Lipinski definition) is 2. The van der Waals surface area contributed by atoms with Gasteiger partial charge in [-0.05, 0) is 36.6 Å². The number of hydrogen-bond acceptors (Lipinski definition) is 5. The number of likely N-dealkylation sites (tertiary alicyclic amines) is 1. The molecule has 0 aliphatic carbocycles. The number of fused-ring (bicyclic) bond motifs is 1. The molecule has 7 atom stereocenters. The predicted octanol–water partition coefficient (Wildman–Crippen LogP) is 2.71. The molecule has 4 rings (SSSR count). The van der Waals surface area contributed by atoms with Crippen LogP contribution in [-0.4, -0.2) is 74.7 Å². The van der Waals surface area contributed by atoms with Crippen molar-refractivity contribution in [2.45, 2.75) is 48.9 Å². The Hall–Kier alpha value is -1.94. The molecule has 3 fully saturated rings. The average Bonchev–Trinajstić information content (AvgIpc) is 3.37. The number of carbonyl (C=O) groups excluding carboxylic acids is 2. The van der Waals surface area contributed by atoms with E-state index >= 15 is 0 Å². The van der Waals surface area contributed by atoms with Crippen LogP contribution in [0.1, 0.15) is 20.3 Å². The van der Waals surface area contributed by atoms with Gasteiger partial charge in [0.1, 0.15) is 11.6 Å². The van der Waals surface area contributed by atoms with Gasteiger partial charge in [0.15, 0.2) is 0 Å². The summed E-state index contributed by atoms with van der Waals surface area (Å²) in [6.45, 7) is 7.27. The van der Waals surface area contributed by atoms with E-state index in [4.69, 9.17) is 16.3 Å². The molecule has 184 valence electrons. The summed E-state index contributed by atoms with van der Waals surface area (Å²) in [4.78, 5) is 42.9. The van der Waals surface area contributed by atoms with Gasteiger partial charge in [-0.1, -0.05) is 47.5 Å². The van der Waals surface area contributed by atoms with Crippen molar-refractivity contribution in [2.75, 3.05) is 18.1 Å². The molecule has 10 heteroatoms. The van der Waals surface area contributed by atoms with Crippen LogP contribution in [0.2, 0.25) is 5.02 Å². The van der Waals surface area contributed by atoms with E-state index in [0.29, 0.717) is 17.1 Å². The zero-order valence-electron chi connectivity index (χ0n) is 18.9. The van der Waals surface area contributed by atoms with E-state index in [2.05, 4.69) is 22.5 Å².